The molecule has 0 bridgehead atoms. The van der Waals surface area contributed by atoms with Gasteiger partial charge in [0, 0.05) is 33.4 Å². The van der Waals surface area contributed by atoms with E-state index in [0.29, 0.717) is 0 Å². The Labute approximate surface area is 420 Å². The summed E-state index contributed by atoms with van der Waals surface area (Å²) in [4.78, 5) is 2.47. The van der Waals surface area contributed by atoms with Crippen molar-refractivity contribution < 1.29 is 0 Å². The number of hydrogen-bond acceptors (Lipinski definition) is 1. The number of para-hydroxylation sites is 3. The Bertz CT molecular complexity index is 4090. The predicted octanol–water partition coefficient (Wildman–Crippen LogP) is 19.4. The molecule has 1 aromatic heterocycles. The molecule has 0 aliphatic heterocycles. The van der Waals surface area contributed by atoms with Crippen LogP contribution < -0.4 is 4.90 Å². The van der Waals surface area contributed by atoms with Crippen molar-refractivity contribution in [2.24, 2.45) is 0 Å². The van der Waals surface area contributed by atoms with Crippen LogP contribution in [0.3, 0.4) is 0 Å². The Morgan fingerprint density at radius 3 is 1.51 bits per heavy atom. The van der Waals surface area contributed by atoms with Gasteiger partial charge in [-0.05, 0) is 133 Å². The van der Waals surface area contributed by atoms with Crippen LogP contribution in [0, 0.1) is 0 Å². The summed E-state index contributed by atoms with van der Waals surface area (Å²) in [5.41, 5.74) is 20.8. The lowest BCUT2D eigenvalue weighted by atomic mass is 9.84. The van der Waals surface area contributed by atoms with Crippen molar-refractivity contribution in [3.05, 3.63) is 291 Å². The lowest BCUT2D eigenvalue weighted by molar-refractivity contribution is 1.18. The van der Waals surface area contributed by atoms with Gasteiger partial charge in [0.25, 0.3) is 0 Å². The number of anilines is 3. The number of rotatable bonds is 10. The maximum absolute atomic E-state index is 2.47. The topological polar surface area (TPSA) is 8.17 Å². The van der Waals surface area contributed by atoms with Crippen molar-refractivity contribution in [3.63, 3.8) is 0 Å². The molecule has 0 saturated heterocycles. The fourth-order valence-electron chi connectivity index (χ4n) is 10.9. The quantitative estimate of drug-likeness (QED) is 0.133. The molecule has 2 nitrogen and oxygen atoms in total. The van der Waals surface area contributed by atoms with E-state index in [4.69, 9.17) is 0 Å². The van der Waals surface area contributed by atoms with Crippen LogP contribution in [0.5, 0.6) is 0 Å². The van der Waals surface area contributed by atoms with Gasteiger partial charge in [-0.15, -0.1) is 0 Å². The Hall–Kier alpha value is -9.50. The van der Waals surface area contributed by atoms with Crippen LogP contribution in [-0.2, 0) is 0 Å². The van der Waals surface area contributed by atoms with Gasteiger partial charge in [-0.25, -0.2) is 0 Å². The van der Waals surface area contributed by atoms with E-state index in [1.54, 1.807) is 0 Å². The van der Waals surface area contributed by atoms with Crippen LogP contribution in [-0.4, -0.2) is 4.57 Å². The van der Waals surface area contributed by atoms with Crippen LogP contribution in [0.4, 0.5) is 17.1 Å². The molecule has 0 spiro atoms. The van der Waals surface area contributed by atoms with Crippen molar-refractivity contribution in [3.8, 4) is 72.4 Å². The second-order valence-corrected chi connectivity index (χ2v) is 18.4. The molecule has 338 valence electrons. The first kappa shape index (κ1) is 42.6. The van der Waals surface area contributed by atoms with Gasteiger partial charge in [-0.2, -0.15) is 0 Å². The molecule has 0 N–H and O–H groups in total. The molecule has 0 aliphatic rings. The molecule has 0 aliphatic carbocycles. The highest BCUT2D eigenvalue weighted by atomic mass is 15.1. The van der Waals surface area contributed by atoms with Crippen LogP contribution >= 0.6 is 0 Å². The van der Waals surface area contributed by atoms with Crippen molar-refractivity contribution >= 4 is 49.6 Å². The first-order valence-electron chi connectivity index (χ1n) is 24.8. The molecule has 72 heavy (non-hydrogen) atoms. The zero-order chi connectivity index (χ0) is 47.8. The van der Waals surface area contributed by atoms with Crippen molar-refractivity contribution in [1.29, 1.82) is 0 Å². The van der Waals surface area contributed by atoms with Crippen LogP contribution in [0.25, 0.3) is 105 Å². The highest BCUT2D eigenvalue weighted by Crippen LogP contribution is 2.49. The summed E-state index contributed by atoms with van der Waals surface area (Å²) in [6.45, 7) is 0. The van der Waals surface area contributed by atoms with Gasteiger partial charge in [-0.3, -0.25) is 0 Å². The molecular weight excluding hydrogens is 869 g/mol. The van der Waals surface area contributed by atoms with E-state index >= 15 is 0 Å². The Balaban J connectivity index is 1.04. The summed E-state index contributed by atoms with van der Waals surface area (Å²) in [7, 11) is 0. The second kappa shape index (κ2) is 18.4. The van der Waals surface area contributed by atoms with Crippen LogP contribution in [0.2, 0.25) is 0 Å². The van der Waals surface area contributed by atoms with Gasteiger partial charge >= 0.3 is 0 Å². The second-order valence-electron chi connectivity index (χ2n) is 18.4. The fourth-order valence-corrected chi connectivity index (χ4v) is 10.9. The molecular formula is C70H48N2. The lowest BCUT2D eigenvalue weighted by Crippen LogP contribution is -2.11. The average molecular weight is 917 g/mol. The summed E-state index contributed by atoms with van der Waals surface area (Å²) in [6, 6.07) is 106. The number of nitrogens with zero attached hydrogens (tertiary/aromatic N) is 2. The van der Waals surface area contributed by atoms with Gasteiger partial charge in [0.1, 0.15) is 0 Å². The van der Waals surface area contributed by atoms with E-state index < -0.39 is 0 Å². The first-order chi connectivity index (χ1) is 35.7. The molecule has 1 heterocycles. The highest BCUT2D eigenvalue weighted by Gasteiger charge is 2.24. The van der Waals surface area contributed by atoms with Crippen molar-refractivity contribution in [1.82, 2.24) is 4.57 Å². The summed E-state index contributed by atoms with van der Waals surface area (Å²) in [5.74, 6) is 0. The van der Waals surface area contributed by atoms with Gasteiger partial charge in [0.05, 0.1) is 16.7 Å². The van der Waals surface area contributed by atoms with E-state index in [1.807, 2.05) is 0 Å². The summed E-state index contributed by atoms with van der Waals surface area (Å²) in [6.07, 6.45) is 0. The molecule has 0 fully saturated rings. The highest BCUT2D eigenvalue weighted by molar-refractivity contribution is 6.11. The molecule has 0 amide bonds. The van der Waals surface area contributed by atoms with Crippen LogP contribution in [0.15, 0.2) is 291 Å². The molecule has 0 atom stereocenters. The smallest absolute Gasteiger partial charge is 0.0541 e. The van der Waals surface area contributed by atoms with E-state index in [0.717, 1.165) is 50.6 Å². The molecule has 0 unspecified atom stereocenters. The Morgan fingerprint density at radius 2 is 0.736 bits per heavy atom. The molecule has 2 heteroatoms. The molecule has 12 aromatic carbocycles. The number of fused-ring (bicyclic) bond motifs is 4. The third-order valence-electron chi connectivity index (χ3n) is 14.2. The maximum Gasteiger partial charge on any atom is 0.0541 e. The van der Waals surface area contributed by atoms with Gasteiger partial charge < -0.3 is 9.47 Å². The first-order valence-corrected chi connectivity index (χ1v) is 24.8. The molecule has 0 saturated carbocycles. The lowest BCUT2D eigenvalue weighted by Gasteiger charge is -2.30. The van der Waals surface area contributed by atoms with Crippen molar-refractivity contribution in [2.45, 2.75) is 0 Å². The minimum Gasteiger partial charge on any atom is -0.310 e. The van der Waals surface area contributed by atoms with Gasteiger partial charge in [0.2, 0.25) is 0 Å². The molecule has 13 aromatic rings. The number of aromatic nitrogens is 1. The zero-order valence-corrected chi connectivity index (χ0v) is 39.6. The summed E-state index contributed by atoms with van der Waals surface area (Å²) in [5, 5.41) is 4.91. The maximum atomic E-state index is 2.47. The normalized spacial score (nSPS) is 11.3. The standard InChI is InChI=1S/C70H48N2/c1-4-22-49(23-5-1)59-35-12-13-38-64(59)70-61(51-24-6-2-7-25-51)40-21-41-65(70)62-36-14-16-42-67(62)71(57-33-19-29-54(47-57)60-39-20-27-50-26-10-11-34-58(50)60)56-32-18-28-52(46-56)53-44-45-69-66(48-53)63-37-15-17-43-68(63)72(69)55-30-8-3-9-31-55/h1-48H. The Kier molecular flexibility index (Phi) is 10.9. The third-order valence-corrected chi connectivity index (χ3v) is 14.2. The number of benzene rings is 12. The number of hydrogen-bond donors (Lipinski definition) is 0. The van der Waals surface area contributed by atoms with Gasteiger partial charge in [-0.1, -0.05) is 231 Å². The van der Waals surface area contributed by atoms with E-state index in [1.165, 1.54) is 71.5 Å². The van der Waals surface area contributed by atoms with Crippen LogP contribution in [0.1, 0.15) is 0 Å². The van der Waals surface area contributed by atoms with Crippen molar-refractivity contribution in [2.75, 3.05) is 4.90 Å². The molecule has 0 radical (unpaired) electrons. The minimum atomic E-state index is 1.06. The van der Waals surface area contributed by atoms with Gasteiger partial charge in [0.15, 0.2) is 0 Å². The fraction of sp³-hybridized carbons (Fsp3) is 0. The zero-order valence-electron chi connectivity index (χ0n) is 39.6. The summed E-state index contributed by atoms with van der Waals surface area (Å²) >= 11 is 0. The SMILES string of the molecule is c1ccc(-c2ccccc2-c2c(-c3ccccc3)cccc2-c2ccccc2N(c2cccc(-c3ccc4c(c3)c3ccccc3n4-c3ccccc3)c2)c2cccc(-c3cccc4ccccc34)c2)cc1. The molecule has 13 rings (SSSR count). The minimum absolute atomic E-state index is 1.06. The Morgan fingerprint density at radius 1 is 0.250 bits per heavy atom. The predicted molar refractivity (Wildman–Crippen MR) is 306 cm³/mol. The van der Waals surface area contributed by atoms with E-state index in [-0.39, 0.29) is 0 Å². The average Bonchev–Trinajstić information content (AvgIpc) is 3.79. The summed E-state index contributed by atoms with van der Waals surface area (Å²) < 4.78 is 2.38. The largest absolute Gasteiger partial charge is 0.310 e. The third kappa shape index (κ3) is 7.63. The van der Waals surface area contributed by atoms with E-state index in [2.05, 4.69) is 301 Å². The van der Waals surface area contributed by atoms with E-state index in [9.17, 15) is 0 Å². The monoisotopic (exact) mass is 916 g/mol.